The van der Waals surface area contributed by atoms with E-state index in [-0.39, 0.29) is 6.04 Å². The summed E-state index contributed by atoms with van der Waals surface area (Å²) in [6.07, 6.45) is 8.58. The van der Waals surface area contributed by atoms with Gasteiger partial charge in [0.15, 0.2) is 0 Å². The van der Waals surface area contributed by atoms with Gasteiger partial charge < -0.3 is 0 Å². The van der Waals surface area contributed by atoms with E-state index in [0.717, 1.165) is 31.5 Å². The van der Waals surface area contributed by atoms with Crippen LogP contribution in [-0.4, -0.2) is 11.0 Å². The second-order valence-electron chi connectivity index (χ2n) is 3.47. The van der Waals surface area contributed by atoms with Crippen LogP contribution < -0.4 is 5.32 Å². The Balaban J connectivity index is 2.39. The van der Waals surface area contributed by atoms with Crippen molar-refractivity contribution >= 4 is 11.3 Å². The van der Waals surface area contributed by atoms with E-state index in [0.29, 0.717) is 0 Å². The molecule has 1 aromatic rings. The van der Waals surface area contributed by atoms with E-state index in [4.69, 9.17) is 6.42 Å². The van der Waals surface area contributed by atoms with E-state index in [1.807, 2.05) is 0 Å². The fraction of sp³-hybridized carbons (Fsp3) is 0.583. The fourth-order valence-corrected chi connectivity index (χ4v) is 2.10. The smallest absolute Gasteiger partial charge is 0.0926 e. The first-order valence-corrected chi connectivity index (χ1v) is 6.30. The average molecular weight is 222 g/mol. The van der Waals surface area contributed by atoms with Gasteiger partial charge in [0.25, 0.3) is 0 Å². The van der Waals surface area contributed by atoms with E-state index in [9.17, 15) is 0 Å². The Hall–Kier alpha value is -0.850. The van der Waals surface area contributed by atoms with E-state index >= 15 is 0 Å². The lowest BCUT2D eigenvalue weighted by atomic mass is 10.2. The molecular formula is C12H18N2S. The van der Waals surface area contributed by atoms with Crippen LogP contribution in [0.25, 0.3) is 0 Å². The molecule has 1 N–H and O–H groups in total. The van der Waals surface area contributed by atoms with Crippen LogP contribution in [0, 0.1) is 12.3 Å². The van der Waals surface area contributed by atoms with Gasteiger partial charge in [-0.25, -0.2) is 4.98 Å². The molecule has 0 saturated carbocycles. The van der Waals surface area contributed by atoms with Crippen molar-refractivity contribution in [1.82, 2.24) is 10.3 Å². The summed E-state index contributed by atoms with van der Waals surface area (Å²) < 4.78 is 0. The number of thiazole rings is 1. The predicted octanol–water partition coefficient (Wildman–Crippen LogP) is 2.60. The summed E-state index contributed by atoms with van der Waals surface area (Å²) in [6.45, 7) is 5.05. The molecule has 0 fully saturated rings. The zero-order valence-corrected chi connectivity index (χ0v) is 10.2. The Kier molecular flexibility index (Phi) is 5.38. The largest absolute Gasteiger partial charge is 0.298 e. The minimum Gasteiger partial charge on any atom is -0.298 e. The zero-order valence-electron chi connectivity index (χ0n) is 9.42. The Bertz CT molecular complexity index is 325. The van der Waals surface area contributed by atoms with Gasteiger partial charge in [-0.15, -0.1) is 17.8 Å². The molecule has 0 aliphatic rings. The monoisotopic (exact) mass is 222 g/mol. The van der Waals surface area contributed by atoms with Crippen LogP contribution in [0.4, 0.5) is 0 Å². The van der Waals surface area contributed by atoms with Gasteiger partial charge in [-0.2, -0.15) is 0 Å². The van der Waals surface area contributed by atoms with Crippen molar-refractivity contribution in [2.45, 2.75) is 45.7 Å². The van der Waals surface area contributed by atoms with Gasteiger partial charge in [0.1, 0.15) is 0 Å². The molecule has 1 heterocycles. The minimum atomic E-state index is 0.182. The second kappa shape index (κ2) is 6.60. The molecule has 0 radical (unpaired) electrons. The zero-order chi connectivity index (χ0) is 11.1. The lowest BCUT2D eigenvalue weighted by molar-refractivity contribution is 0.558. The highest BCUT2D eigenvalue weighted by molar-refractivity contribution is 7.09. The normalized spacial score (nSPS) is 12.3. The van der Waals surface area contributed by atoms with Crippen molar-refractivity contribution in [2.24, 2.45) is 0 Å². The SMILES string of the molecule is C#CC(CCC)NCc1csc(CC)n1. The molecule has 0 aliphatic heterocycles. The molecule has 0 saturated heterocycles. The van der Waals surface area contributed by atoms with Gasteiger partial charge in [-0.05, 0) is 12.8 Å². The molecule has 2 nitrogen and oxygen atoms in total. The van der Waals surface area contributed by atoms with E-state index in [2.05, 4.69) is 35.4 Å². The van der Waals surface area contributed by atoms with Gasteiger partial charge in [0.2, 0.25) is 0 Å². The molecule has 1 unspecified atom stereocenters. The third-order valence-corrected chi connectivity index (χ3v) is 3.25. The molecule has 0 aromatic carbocycles. The Morgan fingerprint density at radius 1 is 1.60 bits per heavy atom. The van der Waals surface area contributed by atoms with Crippen LogP contribution in [0.15, 0.2) is 5.38 Å². The summed E-state index contributed by atoms with van der Waals surface area (Å²) in [6, 6.07) is 0.182. The number of hydrogen-bond acceptors (Lipinski definition) is 3. The number of aryl methyl sites for hydroxylation is 1. The Labute approximate surface area is 96.1 Å². The van der Waals surface area contributed by atoms with Crippen molar-refractivity contribution in [3.05, 3.63) is 16.1 Å². The predicted molar refractivity (Wildman–Crippen MR) is 65.9 cm³/mol. The highest BCUT2D eigenvalue weighted by Crippen LogP contribution is 2.10. The third-order valence-electron chi connectivity index (χ3n) is 2.21. The van der Waals surface area contributed by atoms with Gasteiger partial charge in [0, 0.05) is 11.9 Å². The van der Waals surface area contributed by atoms with Crippen LogP contribution in [0.5, 0.6) is 0 Å². The molecule has 0 bridgehead atoms. The maximum atomic E-state index is 5.42. The quantitative estimate of drug-likeness (QED) is 0.748. The molecule has 3 heteroatoms. The van der Waals surface area contributed by atoms with Crippen LogP contribution in [0.2, 0.25) is 0 Å². The molecule has 0 amide bonds. The second-order valence-corrected chi connectivity index (χ2v) is 4.42. The molecule has 1 aromatic heterocycles. The van der Waals surface area contributed by atoms with E-state index in [1.165, 1.54) is 5.01 Å². The summed E-state index contributed by atoms with van der Waals surface area (Å²) in [5.41, 5.74) is 1.10. The van der Waals surface area contributed by atoms with Crippen molar-refractivity contribution in [1.29, 1.82) is 0 Å². The van der Waals surface area contributed by atoms with Crippen LogP contribution in [-0.2, 0) is 13.0 Å². The number of terminal acetylenes is 1. The lowest BCUT2D eigenvalue weighted by Crippen LogP contribution is -2.26. The molecule has 1 rings (SSSR count). The molecule has 15 heavy (non-hydrogen) atoms. The van der Waals surface area contributed by atoms with Crippen molar-refractivity contribution < 1.29 is 0 Å². The standard InChI is InChI=1S/C12H18N2S/c1-4-7-10(5-2)13-8-11-9-15-12(6-3)14-11/h2,9-10,13H,4,6-8H2,1,3H3. The van der Waals surface area contributed by atoms with Crippen LogP contribution in [0.3, 0.4) is 0 Å². The molecule has 82 valence electrons. The number of rotatable bonds is 6. The number of aromatic nitrogens is 1. The van der Waals surface area contributed by atoms with Crippen molar-refractivity contribution in [3.8, 4) is 12.3 Å². The first kappa shape index (κ1) is 12.2. The van der Waals surface area contributed by atoms with Crippen molar-refractivity contribution in [3.63, 3.8) is 0 Å². The van der Waals surface area contributed by atoms with E-state index in [1.54, 1.807) is 11.3 Å². The van der Waals surface area contributed by atoms with Gasteiger partial charge in [0.05, 0.1) is 16.7 Å². The van der Waals surface area contributed by atoms with Crippen molar-refractivity contribution in [2.75, 3.05) is 0 Å². The summed E-state index contributed by atoms with van der Waals surface area (Å²) in [7, 11) is 0. The molecular weight excluding hydrogens is 204 g/mol. The maximum Gasteiger partial charge on any atom is 0.0926 e. The lowest BCUT2D eigenvalue weighted by Gasteiger charge is -2.09. The summed E-state index contributed by atoms with van der Waals surface area (Å²) in [4.78, 5) is 4.48. The Morgan fingerprint density at radius 3 is 2.93 bits per heavy atom. The summed E-state index contributed by atoms with van der Waals surface area (Å²) in [5, 5.41) is 6.63. The fourth-order valence-electron chi connectivity index (χ4n) is 1.35. The molecule has 0 spiro atoms. The van der Waals surface area contributed by atoms with Crippen LogP contribution in [0.1, 0.15) is 37.4 Å². The van der Waals surface area contributed by atoms with Gasteiger partial charge in [-0.3, -0.25) is 5.32 Å². The number of hydrogen-bond donors (Lipinski definition) is 1. The average Bonchev–Trinajstić information content (AvgIpc) is 2.72. The highest BCUT2D eigenvalue weighted by atomic mass is 32.1. The summed E-state index contributed by atoms with van der Waals surface area (Å²) in [5.74, 6) is 2.76. The topological polar surface area (TPSA) is 24.9 Å². The number of nitrogens with zero attached hydrogens (tertiary/aromatic N) is 1. The Morgan fingerprint density at radius 2 is 2.40 bits per heavy atom. The van der Waals surface area contributed by atoms with E-state index < -0.39 is 0 Å². The minimum absolute atomic E-state index is 0.182. The molecule has 1 atom stereocenters. The third kappa shape index (κ3) is 4.03. The maximum absolute atomic E-state index is 5.42. The van der Waals surface area contributed by atoms with Crippen LogP contribution >= 0.6 is 11.3 Å². The number of nitrogens with one attached hydrogen (secondary N) is 1. The van der Waals surface area contributed by atoms with Gasteiger partial charge in [-0.1, -0.05) is 26.2 Å². The van der Waals surface area contributed by atoms with Gasteiger partial charge >= 0.3 is 0 Å². The summed E-state index contributed by atoms with van der Waals surface area (Å²) >= 11 is 1.72. The molecule has 0 aliphatic carbocycles. The first-order chi connectivity index (χ1) is 7.30. The first-order valence-electron chi connectivity index (χ1n) is 5.42. The highest BCUT2D eigenvalue weighted by Gasteiger charge is 2.04.